The molecule has 6 N–H and O–H groups in total. The number of benzene rings is 1. The zero-order chi connectivity index (χ0) is 24.3. The quantitative estimate of drug-likeness (QED) is 0.250. The number of nitrogens with zero attached hydrogens (tertiary/aromatic N) is 1. The van der Waals surface area contributed by atoms with Gasteiger partial charge in [-0.25, -0.2) is 18.0 Å². The molecule has 0 bridgehead atoms. The van der Waals surface area contributed by atoms with E-state index in [1.54, 1.807) is 18.2 Å². The summed E-state index contributed by atoms with van der Waals surface area (Å²) < 4.78 is 26.9. The average Bonchev–Trinajstić information content (AvgIpc) is 3.30. The molecule has 33 heavy (non-hydrogen) atoms. The molecule has 1 aromatic carbocycles. The maximum absolute atomic E-state index is 12.9. The molecule has 1 fully saturated rings. The second-order valence-electron chi connectivity index (χ2n) is 7.83. The maximum Gasteiger partial charge on any atom is 0.328 e. The van der Waals surface area contributed by atoms with Gasteiger partial charge in [0.05, 0.1) is 11.4 Å². The van der Waals surface area contributed by atoms with E-state index in [0.29, 0.717) is 19.5 Å². The fourth-order valence-electron chi connectivity index (χ4n) is 3.57. The average molecular weight is 484 g/mol. The minimum absolute atomic E-state index is 0.0702. The van der Waals surface area contributed by atoms with Crippen LogP contribution in [0.1, 0.15) is 38.5 Å². The number of hydrogen-bond donors (Lipinski definition) is 5. The third kappa shape index (κ3) is 7.98. The Hall–Kier alpha value is -2.70. The Morgan fingerprint density at radius 1 is 1.09 bits per heavy atom. The molecule has 2 atom stereocenters. The number of carboxylic acids is 1. The van der Waals surface area contributed by atoms with Crippen LogP contribution in [0, 0.1) is 0 Å². The highest BCUT2D eigenvalue weighted by Crippen LogP contribution is 2.26. The standard InChI is InChI=1S/C21H33N5O6S/c22-12-6-1-2-7-13-23-21(30)24-15-17(20(28)29)25-19(27)18-11-8-14-26(18)33(31,32)16-9-4-3-5-10-16/h3-5,9-10,17-18H,1-2,6-8,11-15,22H2,(H,25,27)(H,28,29)(H2,23,24,30)/t17-,18-/m0/s1. The first-order valence-corrected chi connectivity index (χ1v) is 12.5. The highest BCUT2D eigenvalue weighted by molar-refractivity contribution is 7.89. The normalized spacial score (nSPS) is 17.3. The molecule has 1 aliphatic heterocycles. The van der Waals surface area contributed by atoms with Crippen molar-refractivity contribution in [3.05, 3.63) is 30.3 Å². The van der Waals surface area contributed by atoms with E-state index in [-0.39, 0.29) is 24.4 Å². The molecular formula is C21H33N5O6S. The minimum atomic E-state index is -3.90. The highest BCUT2D eigenvalue weighted by atomic mass is 32.2. The lowest BCUT2D eigenvalue weighted by molar-refractivity contribution is -0.142. The lowest BCUT2D eigenvalue weighted by Crippen LogP contribution is -2.54. The van der Waals surface area contributed by atoms with Gasteiger partial charge in [0.1, 0.15) is 12.1 Å². The molecule has 184 valence electrons. The number of rotatable bonds is 13. The van der Waals surface area contributed by atoms with Crippen LogP contribution in [-0.2, 0) is 19.6 Å². The monoisotopic (exact) mass is 483 g/mol. The largest absolute Gasteiger partial charge is 0.480 e. The van der Waals surface area contributed by atoms with Gasteiger partial charge in [0.25, 0.3) is 0 Å². The van der Waals surface area contributed by atoms with Crippen molar-refractivity contribution in [2.24, 2.45) is 5.73 Å². The third-order valence-corrected chi connectivity index (χ3v) is 7.28. The number of hydrogen-bond acceptors (Lipinski definition) is 6. The van der Waals surface area contributed by atoms with Crippen LogP contribution in [-0.4, -0.2) is 74.0 Å². The number of sulfonamides is 1. The van der Waals surface area contributed by atoms with Crippen molar-refractivity contribution in [3.8, 4) is 0 Å². The van der Waals surface area contributed by atoms with Crippen molar-refractivity contribution < 1.29 is 27.9 Å². The van der Waals surface area contributed by atoms with Crippen LogP contribution >= 0.6 is 0 Å². The lowest BCUT2D eigenvalue weighted by Gasteiger charge is -2.25. The van der Waals surface area contributed by atoms with Gasteiger partial charge in [-0.15, -0.1) is 0 Å². The number of nitrogens with one attached hydrogen (secondary N) is 3. The first kappa shape index (κ1) is 26.6. The first-order valence-electron chi connectivity index (χ1n) is 11.1. The van der Waals surface area contributed by atoms with E-state index in [9.17, 15) is 27.9 Å². The van der Waals surface area contributed by atoms with E-state index in [0.717, 1.165) is 30.0 Å². The lowest BCUT2D eigenvalue weighted by atomic mass is 10.2. The molecule has 1 aliphatic rings. The molecule has 11 nitrogen and oxygen atoms in total. The molecule has 0 saturated carbocycles. The topological polar surface area (TPSA) is 171 Å². The molecule has 3 amide bonds. The molecule has 0 unspecified atom stereocenters. The van der Waals surface area contributed by atoms with E-state index in [2.05, 4.69) is 16.0 Å². The number of nitrogens with two attached hydrogens (primary N) is 1. The fraction of sp³-hybridized carbons (Fsp3) is 0.571. The third-order valence-electron chi connectivity index (χ3n) is 5.35. The Morgan fingerprint density at radius 2 is 1.79 bits per heavy atom. The number of carbonyl (C=O) groups is 3. The minimum Gasteiger partial charge on any atom is -0.480 e. The molecule has 2 rings (SSSR count). The van der Waals surface area contributed by atoms with Gasteiger partial charge in [-0.3, -0.25) is 4.79 Å². The Labute approximate surface area is 194 Å². The molecule has 12 heteroatoms. The summed E-state index contributed by atoms with van der Waals surface area (Å²) in [5, 5.41) is 16.9. The summed E-state index contributed by atoms with van der Waals surface area (Å²) in [4.78, 5) is 36.3. The van der Waals surface area contributed by atoms with Crippen molar-refractivity contribution in [3.63, 3.8) is 0 Å². The Bertz CT molecular complexity index is 896. The summed E-state index contributed by atoms with van der Waals surface area (Å²) in [6.45, 7) is 0.902. The van der Waals surface area contributed by atoms with Crippen molar-refractivity contribution in [1.82, 2.24) is 20.3 Å². The summed E-state index contributed by atoms with van der Waals surface area (Å²) in [6, 6.07) is 4.82. The predicted molar refractivity (Wildman–Crippen MR) is 122 cm³/mol. The number of unbranched alkanes of at least 4 members (excludes halogenated alkanes) is 3. The van der Waals surface area contributed by atoms with Gasteiger partial charge in [-0.2, -0.15) is 4.31 Å². The van der Waals surface area contributed by atoms with Crippen molar-refractivity contribution >= 4 is 27.9 Å². The van der Waals surface area contributed by atoms with Gasteiger partial charge in [0.15, 0.2) is 0 Å². The number of amides is 3. The molecule has 1 aromatic rings. The summed E-state index contributed by atoms with van der Waals surface area (Å²) >= 11 is 0. The van der Waals surface area contributed by atoms with Gasteiger partial charge in [-0.05, 0) is 44.4 Å². The van der Waals surface area contributed by atoms with Gasteiger partial charge in [0.2, 0.25) is 15.9 Å². The molecular weight excluding hydrogens is 450 g/mol. The van der Waals surface area contributed by atoms with Crippen LogP contribution in [0.2, 0.25) is 0 Å². The highest BCUT2D eigenvalue weighted by Gasteiger charge is 2.40. The van der Waals surface area contributed by atoms with E-state index in [4.69, 9.17) is 5.73 Å². The van der Waals surface area contributed by atoms with Crippen LogP contribution in [0.4, 0.5) is 4.79 Å². The van der Waals surface area contributed by atoms with Gasteiger partial charge in [-0.1, -0.05) is 31.0 Å². The Morgan fingerprint density at radius 3 is 2.45 bits per heavy atom. The Balaban J connectivity index is 1.89. The molecule has 0 aromatic heterocycles. The number of aliphatic carboxylic acids is 1. The summed E-state index contributed by atoms with van der Waals surface area (Å²) in [5.74, 6) is -2.04. The summed E-state index contributed by atoms with van der Waals surface area (Å²) in [7, 11) is -3.90. The zero-order valence-corrected chi connectivity index (χ0v) is 19.4. The zero-order valence-electron chi connectivity index (χ0n) is 18.5. The van der Waals surface area contributed by atoms with Crippen LogP contribution in [0.15, 0.2) is 35.2 Å². The summed E-state index contributed by atoms with van der Waals surface area (Å²) in [6.07, 6.45) is 4.37. The number of carbonyl (C=O) groups excluding carboxylic acids is 2. The second-order valence-corrected chi connectivity index (χ2v) is 9.72. The van der Waals surface area contributed by atoms with Crippen LogP contribution in [0.3, 0.4) is 0 Å². The maximum atomic E-state index is 12.9. The molecule has 0 aliphatic carbocycles. The number of carboxylic acid groups (broad SMARTS) is 1. The van der Waals surface area contributed by atoms with E-state index >= 15 is 0 Å². The molecule has 0 spiro atoms. The first-order chi connectivity index (χ1) is 15.8. The van der Waals surface area contributed by atoms with Crippen LogP contribution in [0.25, 0.3) is 0 Å². The van der Waals surface area contributed by atoms with Crippen molar-refractivity contribution in [1.29, 1.82) is 0 Å². The van der Waals surface area contributed by atoms with Gasteiger partial charge in [0, 0.05) is 13.1 Å². The Kier molecular flexibility index (Phi) is 10.6. The van der Waals surface area contributed by atoms with E-state index in [1.807, 2.05) is 0 Å². The van der Waals surface area contributed by atoms with Crippen molar-refractivity contribution in [2.45, 2.75) is 55.5 Å². The van der Waals surface area contributed by atoms with E-state index < -0.39 is 40.0 Å². The SMILES string of the molecule is NCCCCCCNC(=O)NC[C@H](NC(=O)[C@@H]1CCCN1S(=O)(=O)c1ccccc1)C(=O)O. The molecule has 1 saturated heterocycles. The van der Waals surface area contributed by atoms with Gasteiger partial charge >= 0.3 is 12.0 Å². The van der Waals surface area contributed by atoms with Gasteiger partial charge < -0.3 is 26.8 Å². The molecule has 0 radical (unpaired) electrons. The molecule has 1 heterocycles. The van der Waals surface area contributed by atoms with Crippen molar-refractivity contribution in [2.75, 3.05) is 26.2 Å². The summed E-state index contributed by atoms with van der Waals surface area (Å²) in [5.41, 5.74) is 5.42. The number of urea groups is 1. The van der Waals surface area contributed by atoms with E-state index in [1.165, 1.54) is 12.1 Å². The second kappa shape index (κ2) is 13.1. The van der Waals surface area contributed by atoms with Crippen LogP contribution < -0.4 is 21.7 Å². The predicted octanol–water partition coefficient (Wildman–Crippen LogP) is 0.227. The van der Waals surface area contributed by atoms with Crippen LogP contribution in [0.5, 0.6) is 0 Å². The fourth-order valence-corrected chi connectivity index (χ4v) is 5.25. The smallest absolute Gasteiger partial charge is 0.328 e.